The summed E-state index contributed by atoms with van der Waals surface area (Å²) in [6.45, 7) is 4.28. The molecule has 5 atom stereocenters. The minimum Gasteiger partial charge on any atom is -0.384 e. The van der Waals surface area contributed by atoms with Crippen LogP contribution in [0.15, 0.2) is 54.6 Å². The lowest BCUT2D eigenvalue weighted by molar-refractivity contribution is -0.149. The van der Waals surface area contributed by atoms with Crippen LogP contribution < -0.4 is 10.6 Å². The molecule has 5 heteroatoms. The van der Waals surface area contributed by atoms with Crippen molar-refractivity contribution in [2.45, 2.75) is 56.1 Å². The Morgan fingerprint density at radius 2 is 1.71 bits per heavy atom. The Morgan fingerprint density at radius 3 is 2.47 bits per heavy atom. The van der Waals surface area contributed by atoms with E-state index >= 15 is 0 Å². The number of carbonyl (C=O) groups excluding carboxylic acids is 1. The van der Waals surface area contributed by atoms with E-state index in [1.165, 1.54) is 24.1 Å². The van der Waals surface area contributed by atoms with Gasteiger partial charge in [-0.3, -0.25) is 4.79 Å². The number of carbonyl (C=O) groups is 1. The van der Waals surface area contributed by atoms with Crippen LogP contribution in [0.3, 0.4) is 0 Å². The topological polar surface area (TPSA) is 64.6 Å². The fourth-order valence-corrected chi connectivity index (χ4v) is 6.99. The van der Waals surface area contributed by atoms with E-state index in [2.05, 4.69) is 39.8 Å². The lowest BCUT2D eigenvalue weighted by atomic mass is 9.73. The Labute approximate surface area is 202 Å². The summed E-state index contributed by atoms with van der Waals surface area (Å²) in [4.78, 5) is 16.1. The number of para-hydroxylation sites is 1. The third-order valence-electron chi connectivity index (χ3n) is 9.06. The third-order valence-corrected chi connectivity index (χ3v) is 9.06. The van der Waals surface area contributed by atoms with Gasteiger partial charge in [0.1, 0.15) is 0 Å². The minimum absolute atomic E-state index is 0.00152. The highest BCUT2D eigenvalue weighted by molar-refractivity contribution is 5.87. The van der Waals surface area contributed by atoms with Crippen molar-refractivity contribution in [3.8, 4) is 0 Å². The van der Waals surface area contributed by atoms with Crippen LogP contribution in [0.2, 0.25) is 0 Å². The number of likely N-dealkylation sites (tertiary alicyclic amines) is 1. The third kappa shape index (κ3) is 3.93. The molecule has 180 valence electrons. The predicted molar refractivity (Wildman–Crippen MR) is 135 cm³/mol. The lowest BCUT2D eigenvalue weighted by Gasteiger charge is -2.38. The molecule has 3 N–H and O–H groups in total. The number of nitrogens with zero attached hydrogens (tertiary/aromatic N) is 1. The monoisotopic (exact) mass is 459 g/mol. The molecule has 1 saturated heterocycles. The van der Waals surface area contributed by atoms with Gasteiger partial charge >= 0.3 is 0 Å². The highest BCUT2D eigenvalue weighted by Gasteiger charge is 2.58. The first-order chi connectivity index (χ1) is 16.6. The Bertz CT molecular complexity index is 1010. The number of fused-ring (bicyclic) bond motifs is 2. The summed E-state index contributed by atoms with van der Waals surface area (Å²) in [6, 6.07) is 18.5. The summed E-state index contributed by atoms with van der Waals surface area (Å²) in [5.74, 6) is 1.49. The van der Waals surface area contributed by atoms with Gasteiger partial charge in [0, 0.05) is 43.2 Å². The Balaban J connectivity index is 1.05. The summed E-state index contributed by atoms with van der Waals surface area (Å²) in [5, 5.41) is 18.7. The summed E-state index contributed by atoms with van der Waals surface area (Å²) >= 11 is 0. The zero-order valence-corrected chi connectivity index (χ0v) is 20.0. The SMILES string of the molecule is O=C(NC1[C@H]2CN(CCC3CNc4ccccc43)C[C@@H]12)C(O)(c1ccccc1)C1CCCCC1. The van der Waals surface area contributed by atoms with Gasteiger partial charge in [0.25, 0.3) is 5.91 Å². The van der Waals surface area contributed by atoms with Gasteiger partial charge in [0.2, 0.25) is 0 Å². The van der Waals surface area contributed by atoms with Gasteiger partial charge < -0.3 is 20.6 Å². The number of hydrogen-bond acceptors (Lipinski definition) is 4. The highest BCUT2D eigenvalue weighted by atomic mass is 16.3. The number of amides is 1. The molecule has 0 radical (unpaired) electrons. The van der Waals surface area contributed by atoms with Crippen LogP contribution in [0.5, 0.6) is 0 Å². The molecule has 3 fully saturated rings. The zero-order chi connectivity index (χ0) is 23.1. The van der Waals surface area contributed by atoms with Gasteiger partial charge in [-0.1, -0.05) is 67.8 Å². The Morgan fingerprint density at radius 1 is 1.00 bits per heavy atom. The molecule has 2 aromatic rings. The zero-order valence-electron chi connectivity index (χ0n) is 20.0. The van der Waals surface area contributed by atoms with Crippen LogP contribution in [0.25, 0.3) is 0 Å². The molecule has 6 rings (SSSR count). The van der Waals surface area contributed by atoms with Crippen molar-refractivity contribution < 1.29 is 9.90 Å². The van der Waals surface area contributed by atoms with Crippen molar-refractivity contribution in [3.63, 3.8) is 0 Å². The van der Waals surface area contributed by atoms with Gasteiger partial charge in [-0.2, -0.15) is 0 Å². The summed E-state index contributed by atoms with van der Waals surface area (Å²) in [6.07, 6.45) is 6.41. The quantitative estimate of drug-likeness (QED) is 0.583. The molecule has 0 bridgehead atoms. The van der Waals surface area contributed by atoms with E-state index in [-0.39, 0.29) is 17.9 Å². The van der Waals surface area contributed by atoms with Crippen LogP contribution in [-0.4, -0.2) is 48.1 Å². The summed E-state index contributed by atoms with van der Waals surface area (Å²) in [7, 11) is 0. The van der Waals surface area contributed by atoms with Gasteiger partial charge in [0.15, 0.2) is 5.60 Å². The van der Waals surface area contributed by atoms with Crippen LogP contribution in [0, 0.1) is 17.8 Å². The van der Waals surface area contributed by atoms with Crippen LogP contribution in [0.1, 0.15) is 55.6 Å². The molecule has 34 heavy (non-hydrogen) atoms. The van der Waals surface area contributed by atoms with Crippen molar-refractivity contribution in [1.82, 2.24) is 10.2 Å². The fraction of sp³-hybridized carbons (Fsp3) is 0.552. The Hall–Kier alpha value is -2.37. The first-order valence-electron chi connectivity index (χ1n) is 13.3. The molecule has 0 aromatic heterocycles. The number of nitrogens with one attached hydrogen (secondary N) is 2. The standard InChI is InChI=1S/C29H37N3O2/c33-28(29(34,21-9-3-1-4-10-21)22-11-5-2-6-12-22)31-27-24-18-32(19-25(24)27)16-15-20-17-30-26-14-8-7-13-23(20)26/h1,3-4,7-10,13-14,20,22,24-25,27,30,34H,2,5-6,11-12,15-19H2,(H,31,33)/t20?,24-,25+,27?,29?. The average Bonchev–Trinajstić information content (AvgIpc) is 3.21. The fourth-order valence-electron chi connectivity index (χ4n) is 6.99. The normalized spacial score (nSPS) is 30.1. The molecule has 5 nitrogen and oxygen atoms in total. The molecule has 1 amide bonds. The smallest absolute Gasteiger partial charge is 0.257 e. The van der Waals surface area contributed by atoms with E-state index < -0.39 is 5.60 Å². The molecule has 3 unspecified atom stereocenters. The second-order valence-electron chi connectivity index (χ2n) is 11.0. The van der Waals surface area contributed by atoms with Gasteiger partial charge in [-0.05, 0) is 54.8 Å². The van der Waals surface area contributed by atoms with Crippen molar-refractivity contribution >= 4 is 11.6 Å². The Kier molecular flexibility index (Phi) is 5.86. The number of piperidine rings is 1. The molecule has 2 aliphatic heterocycles. The predicted octanol–water partition coefficient (Wildman–Crippen LogP) is 4.10. The van der Waals surface area contributed by atoms with E-state index in [1.807, 2.05) is 30.3 Å². The van der Waals surface area contributed by atoms with Crippen LogP contribution in [0.4, 0.5) is 5.69 Å². The molecule has 2 saturated carbocycles. The van der Waals surface area contributed by atoms with Gasteiger partial charge in [-0.25, -0.2) is 0 Å². The molecular formula is C29H37N3O2. The maximum atomic E-state index is 13.6. The van der Waals surface area contributed by atoms with Crippen molar-refractivity contribution in [1.29, 1.82) is 0 Å². The number of aliphatic hydroxyl groups is 1. The van der Waals surface area contributed by atoms with E-state index in [9.17, 15) is 9.90 Å². The molecule has 2 heterocycles. The van der Waals surface area contributed by atoms with Crippen molar-refractivity contribution in [2.75, 3.05) is 31.5 Å². The largest absolute Gasteiger partial charge is 0.384 e. The van der Waals surface area contributed by atoms with E-state index in [4.69, 9.17) is 0 Å². The van der Waals surface area contributed by atoms with Crippen molar-refractivity contribution in [3.05, 3.63) is 65.7 Å². The lowest BCUT2D eigenvalue weighted by Crippen LogP contribution is -2.51. The van der Waals surface area contributed by atoms with Gasteiger partial charge in [-0.15, -0.1) is 0 Å². The minimum atomic E-state index is -1.42. The first-order valence-corrected chi connectivity index (χ1v) is 13.3. The summed E-state index contributed by atoms with van der Waals surface area (Å²) < 4.78 is 0. The highest BCUT2D eigenvalue weighted by Crippen LogP contribution is 2.47. The number of rotatable bonds is 7. The van der Waals surface area contributed by atoms with E-state index in [1.54, 1.807) is 0 Å². The van der Waals surface area contributed by atoms with Crippen LogP contribution in [-0.2, 0) is 10.4 Å². The molecule has 2 aliphatic carbocycles. The molecular weight excluding hydrogens is 422 g/mol. The number of hydrogen-bond donors (Lipinski definition) is 3. The van der Waals surface area contributed by atoms with Crippen molar-refractivity contribution in [2.24, 2.45) is 17.8 Å². The number of anilines is 1. The van der Waals surface area contributed by atoms with Gasteiger partial charge in [0.05, 0.1) is 0 Å². The maximum absolute atomic E-state index is 13.6. The molecule has 0 spiro atoms. The first kappa shape index (κ1) is 22.1. The second-order valence-corrected chi connectivity index (χ2v) is 11.0. The molecule has 4 aliphatic rings. The van der Waals surface area contributed by atoms with E-state index in [0.29, 0.717) is 17.8 Å². The van der Waals surface area contributed by atoms with E-state index in [0.717, 1.165) is 57.4 Å². The number of benzene rings is 2. The average molecular weight is 460 g/mol. The molecule has 2 aromatic carbocycles. The summed E-state index contributed by atoms with van der Waals surface area (Å²) in [5.41, 5.74) is 2.09. The maximum Gasteiger partial charge on any atom is 0.257 e. The second kappa shape index (κ2) is 9.01. The van der Waals surface area contributed by atoms with Crippen LogP contribution >= 0.6 is 0 Å².